The third kappa shape index (κ3) is 17.0. The largest absolute Gasteiger partial charge is 0.481 e. The average Bonchev–Trinajstić information content (AvgIpc) is 2.43. The van der Waals surface area contributed by atoms with E-state index in [1.807, 2.05) is 0 Å². The Bertz CT molecular complexity index is 410. The van der Waals surface area contributed by atoms with Gasteiger partial charge in [-0.15, -0.1) is 0 Å². The number of hydrogen-bond acceptors (Lipinski definition) is 5. The number of unbranched alkanes of at least 4 members (excludes halogenated alkanes) is 4. The van der Waals surface area contributed by atoms with E-state index in [0.29, 0.717) is 0 Å². The molecule has 0 spiro atoms. The van der Waals surface area contributed by atoms with Crippen molar-refractivity contribution in [3.05, 3.63) is 0 Å². The normalized spacial score (nSPS) is 12.1. The Labute approximate surface area is 137 Å². The van der Waals surface area contributed by atoms with E-state index >= 15 is 0 Å². The molecule has 0 amide bonds. The highest BCUT2D eigenvalue weighted by Crippen LogP contribution is 2.04. The zero-order valence-electron chi connectivity index (χ0n) is 13.7. The summed E-state index contributed by atoms with van der Waals surface area (Å²) in [6.45, 7) is 6.38. The summed E-state index contributed by atoms with van der Waals surface area (Å²) in [7, 11) is -4.84. The fourth-order valence-corrected chi connectivity index (χ4v) is 2.10. The van der Waals surface area contributed by atoms with Crippen molar-refractivity contribution in [3.8, 4) is 0 Å². The van der Waals surface area contributed by atoms with Crippen molar-refractivity contribution in [1.29, 1.82) is 0 Å². The Balaban J connectivity index is 0. The van der Waals surface area contributed by atoms with Crippen LogP contribution in [0.25, 0.3) is 0 Å². The molecule has 1 unspecified atom stereocenters. The first-order valence-electron chi connectivity index (χ1n) is 7.65. The van der Waals surface area contributed by atoms with Crippen LogP contribution in [0.2, 0.25) is 0 Å². The fourth-order valence-electron chi connectivity index (χ4n) is 1.49. The Morgan fingerprint density at radius 3 is 1.61 bits per heavy atom. The maximum Gasteiger partial charge on any atom is 0.325 e. The molecule has 0 aromatic rings. The lowest BCUT2D eigenvalue weighted by atomic mass is 10.2. The van der Waals surface area contributed by atoms with E-state index in [4.69, 9.17) is 19.5 Å². The molecule has 0 aromatic heterocycles. The van der Waals surface area contributed by atoms with E-state index in [1.165, 1.54) is 38.5 Å². The number of aliphatic carboxylic acids is 2. The molecule has 3 N–H and O–H groups in total. The maximum atomic E-state index is 10.2. The van der Waals surface area contributed by atoms with Gasteiger partial charge in [0.1, 0.15) is 0 Å². The Kier molecular flexibility index (Phi) is 15.1. The molecule has 0 fully saturated rings. The lowest BCUT2D eigenvalue weighted by molar-refractivity contribution is -0.143. The van der Waals surface area contributed by atoms with Gasteiger partial charge in [0, 0.05) is 13.2 Å². The summed E-state index contributed by atoms with van der Waals surface area (Å²) in [5, 5.41) is 13.9. The summed E-state index contributed by atoms with van der Waals surface area (Å²) in [6.07, 6.45) is 6.53. The third-order valence-corrected chi connectivity index (χ3v) is 3.87. The number of carbonyl (C=O) groups is 2. The maximum absolute atomic E-state index is 10.2. The van der Waals surface area contributed by atoms with Crippen molar-refractivity contribution >= 4 is 22.1 Å². The minimum atomic E-state index is -4.84. The van der Waals surface area contributed by atoms with Gasteiger partial charge in [0.25, 0.3) is 10.1 Å². The molecule has 1 atom stereocenters. The van der Waals surface area contributed by atoms with E-state index in [-0.39, 0.29) is 0 Å². The molecule has 23 heavy (non-hydrogen) atoms. The van der Waals surface area contributed by atoms with Crippen molar-refractivity contribution in [2.75, 3.05) is 13.2 Å². The second-order valence-corrected chi connectivity index (χ2v) is 6.57. The van der Waals surface area contributed by atoms with Gasteiger partial charge in [0.05, 0.1) is 6.42 Å². The van der Waals surface area contributed by atoms with Crippen molar-refractivity contribution in [2.24, 2.45) is 0 Å². The standard InChI is InChI=1S/C10H22O.C4H6O7S/c1-3-5-7-9-11-10-8-6-4-2;5-3(6)1-2(4(7)8)12(9,10)11/h3-10H2,1-2H3;2H,1H2,(H,5,6)(H,7,8)(H,9,10,11). The summed E-state index contributed by atoms with van der Waals surface area (Å²) >= 11 is 0. The molecule has 0 heterocycles. The lowest BCUT2D eigenvalue weighted by Gasteiger charge is -2.04. The molecule has 0 radical (unpaired) electrons. The monoisotopic (exact) mass is 356 g/mol. The van der Waals surface area contributed by atoms with Gasteiger partial charge < -0.3 is 14.9 Å². The molecule has 138 valence electrons. The van der Waals surface area contributed by atoms with Crippen LogP contribution >= 0.6 is 0 Å². The smallest absolute Gasteiger partial charge is 0.325 e. The molecule has 8 nitrogen and oxygen atoms in total. The number of hydrogen-bond donors (Lipinski definition) is 3. The Morgan fingerprint density at radius 2 is 1.39 bits per heavy atom. The summed E-state index contributed by atoms with van der Waals surface area (Å²) in [4.78, 5) is 20.0. The third-order valence-electron chi connectivity index (χ3n) is 2.78. The second kappa shape index (κ2) is 14.4. The van der Waals surface area contributed by atoms with E-state index in [1.54, 1.807) is 0 Å². The topological polar surface area (TPSA) is 138 Å². The highest BCUT2D eigenvalue weighted by atomic mass is 32.2. The quantitative estimate of drug-likeness (QED) is 0.357. The molecule has 0 aliphatic heterocycles. The summed E-state index contributed by atoms with van der Waals surface area (Å²) in [5.74, 6) is -3.50. The van der Waals surface area contributed by atoms with Gasteiger partial charge in [-0.25, -0.2) is 0 Å². The van der Waals surface area contributed by atoms with Crippen LogP contribution in [0.15, 0.2) is 0 Å². The Hall–Kier alpha value is -1.19. The van der Waals surface area contributed by atoms with E-state index in [2.05, 4.69) is 13.8 Å². The van der Waals surface area contributed by atoms with Crippen LogP contribution in [0, 0.1) is 0 Å². The van der Waals surface area contributed by atoms with E-state index in [0.717, 1.165) is 13.2 Å². The van der Waals surface area contributed by atoms with Crippen LogP contribution in [0.5, 0.6) is 0 Å². The first-order valence-corrected chi connectivity index (χ1v) is 9.15. The predicted molar refractivity (Wildman–Crippen MR) is 85.1 cm³/mol. The first kappa shape index (κ1) is 24.1. The van der Waals surface area contributed by atoms with Crippen LogP contribution in [0.4, 0.5) is 0 Å². The zero-order chi connectivity index (χ0) is 18.3. The predicted octanol–water partition coefficient (Wildman–Crippen LogP) is 2.19. The lowest BCUT2D eigenvalue weighted by Crippen LogP contribution is -2.31. The van der Waals surface area contributed by atoms with Crippen molar-refractivity contribution in [1.82, 2.24) is 0 Å². The van der Waals surface area contributed by atoms with Gasteiger partial charge in [-0.1, -0.05) is 39.5 Å². The van der Waals surface area contributed by atoms with E-state index in [9.17, 15) is 18.0 Å². The Morgan fingerprint density at radius 1 is 0.957 bits per heavy atom. The van der Waals surface area contributed by atoms with Gasteiger partial charge in [-0.05, 0) is 12.8 Å². The van der Waals surface area contributed by atoms with Gasteiger partial charge in [-0.2, -0.15) is 8.42 Å². The average molecular weight is 356 g/mol. The van der Waals surface area contributed by atoms with Gasteiger partial charge in [-0.3, -0.25) is 14.1 Å². The molecular formula is C14H28O8S. The molecule has 0 aliphatic rings. The van der Waals surface area contributed by atoms with Crippen LogP contribution in [-0.2, 0) is 24.4 Å². The zero-order valence-corrected chi connectivity index (χ0v) is 14.5. The summed E-state index contributed by atoms with van der Waals surface area (Å²) < 4.78 is 34.1. The van der Waals surface area contributed by atoms with Gasteiger partial charge in [0.15, 0.2) is 5.25 Å². The van der Waals surface area contributed by atoms with Gasteiger partial charge >= 0.3 is 11.9 Å². The number of rotatable bonds is 12. The summed E-state index contributed by atoms with van der Waals surface area (Å²) in [5.41, 5.74) is 0. The molecular weight excluding hydrogens is 328 g/mol. The second-order valence-electron chi connectivity index (χ2n) is 4.97. The molecule has 0 saturated heterocycles. The van der Waals surface area contributed by atoms with Crippen LogP contribution in [0.1, 0.15) is 58.8 Å². The number of ether oxygens (including phenoxy) is 1. The minimum absolute atomic E-state index is 0.970. The van der Waals surface area contributed by atoms with Crippen molar-refractivity contribution in [3.63, 3.8) is 0 Å². The molecule has 0 aromatic carbocycles. The molecule has 9 heteroatoms. The minimum Gasteiger partial charge on any atom is -0.481 e. The van der Waals surface area contributed by atoms with Crippen LogP contribution in [-0.4, -0.2) is 53.6 Å². The number of carboxylic acids is 2. The van der Waals surface area contributed by atoms with Crippen molar-refractivity contribution < 1.29 is 37.5 Å². The molecule has 0 saturated carbocycles. The molecule has 0 rings (SSSR count). The fraction of sp³-hybridized carbons (Fsp3) is 0.857. The highest BCUT2D eigenvalue weighted by molar-refractivity contribution is 7.87. The molecule has 0 aliphatic carbocycles. The SMILES string of the molecule is CCCCCOCCCCC.O=C(O)CC(C(=O)O)S(=O)(=O)O. The van der Waals surface area contributed by atoms with Crippen LogP contribution in [0.3, 0.4) is 0 Å². The number of carboxylic acid groups (broad SMARTS) is 2. The van der Waals surface area contributed by atoms with Crippen molar-refractivity contribution in [2.45, 2.75) is 64.0 Å². The highest BCUT2D eigenvalue weighted by Gasteiger charge is 2.33. The van der Waals surface area contributed by atoms with Crippen LogP contribution < -0.4 is 0 Å². The summed E-state index contributed by atoms with van der Waals surface area (Å²) in [6, 6.07) is 0. The van der Waals surface area contributed by atoms with E-state index < -0.39 is 33.7 Å². The first-order chi connectivity index (χ1) is 10.7. The molecule has 0 bridgehead atoms. The van der Waals surface area contributed by atoms with Gasteiger partial charge in [0.2, 0.25) is 0 Å².